The Labute approximate surface area is 178 Å². The number of likely N-dealkylation sites (N-methyl/N-ethyl adjacent to an activating group) is 1. The third-order valence-electron chi connectivity index (χ3n) is 6.33. The van der Waals surface area contributed by atoms with E-state index >= 15 is 0 Å². The molecule has 0 aliphatic carbocycles. The lowest BCUT2D eigenvalue weighted by Gasteiger charge is -2.34. The van der Waals surface area contributed by atoms with E-state index in [2.05, 4.69) is 68.8 Å². The first-order chi connectivity index (χ1) is 14.7. The quantitative estimate of drug-likeness (QED) is 0.537. The number of anilines is 1. The van der Waals surface area contributed by atoms with Gasteiger partial charge in [-0.15, -0.1) is 0 Å². The van der Waals surface area contributed by atoms with Crippen LogP contribution in [0.4, 0.5) is 5.95 Å². The van der Waals surface area contributed by atoms with E-state index in [0.29, 0.717) is 11.5 Å². The van der Waals surface area contributed by atoms with Gasteiger partial charge in [0, 0.05) is 62.7 Å². The zero-order chi connectivity index (χ0) is 20.9. The summed E-state index contributed by atoms with van der Waals surface area (Å²) in [5, 5.41) is 1.38. The molecule has 3 aromatic rings. The van der Waals surface area contributed by atoms with E-state index in [1.165, 1.54) is 16.5 Å². The van der Waals surface area contributed by atoms with Gasteiger partial charge in [0.2, 0.25) is 5.95 Å². The zero-order valence-electron chi connectivity index (χ0n) is 18.0. The van der Waals surface area contributed by atoms with E-state index in [9.17, 15) is 4.79 Å². The number of hydrogen-bond acceptors (Lipinski definition) is 5. The molecule has 1 aromatic carbocycles. The first kappa shape index (κ1) is 20.5. The number of benzene rings is 1. The predicted molar refractivity (Wildman–Crippen MR) is 121 cm³/mol. The number of hydrogen-bond donors (Lipinski definition) is 0. The second kappa shape index (κ2) is 9.39. The second-order valence-corrected chi connectivity index (χ2v) is 8.29. The van der Waals surface area contributed by atoms with Gasteiger partial charge in [-0.3, -0.25) is 4.79 Å². The highest BCUT2D eigenvalue weighted by molar-refractivity contribution is 5.83. The third kappa shape index (κ3) is 4.54. The van der Waals surface area contributed by atoms with Gasteiger partial charge >= 0.3 is 0 Å². The van der Waals surface area contributed by atoms with Crippen molar-refractivity contribution in [3.05, 3.63) is 54.0 Å². The maximum atomic E-state index is 10.8. The van der Waals surface area contributed by atoms with Crippen molar-refractivity contribution < 1.29 is 4.79 Å². The summed E-state index contributed by atoms with van der Waals surface area (Å²) >= 11 is 0. The molecule has 1 aliphatic rings. The van der Waals surface area contributed by atoms with E-state index in [4.69, 9.17) is 0 Å². The van der Waals surface area contributed by atoms with Crippen LogP contribution in [0.5, 0.6) is 0 Å². The standard InChI is InChI=1S/C24H31N5O/c1-3-28(11-10-21-17-27(2)23-7-5-4-6-22(21)23)16-19-8-12-29(13-9-19)24-25-14-20(18-30)15-26-24/h4-7,14-15,17-19H,3,8-13,16H2,1-2H3. The van der Waals surface area contributed by atoms with Crippen LogP contribution in [0.25, 0.3) is 10.9 Å². The van der Waals surface area contributed by atoms with Crippen LogP contribution in [0.2, 0.25) is 0 Å². The Balaban J connectivity index is 1.29. The number of piperidine rings is 1. The van der Waals surface area contributed by atoms with Gasteiger partial charge in [0.1, 0.15) is 0 Å². The fourth-order valence-corrected chi connectivity index (χ4v) is 4.52. The summed E-state index contributed by atoms with van der Waals surface area (Å²) in [7, 11) is 2.13. The van der Waals surface area contributed by atoms with Gasteiger partial charge in [0.25, 0.3) is 0 Å². The minimum Gasteiger partial charge on any atom is -0.350 e. The molecule has 1 aliphatic heterocycles. The molecular formula is C24H31N5O. The highest BCUT2D eigenvalue weighted by Gasteiger charge is 2.22. The normalized spacial score (nSPS) is 15.2. The molecule has 4 rings (SSSR count). The number of rotatable bonds is 8. The molecule has 0 spiro atoms. The van der Waals surface area contributed by atoms with Crippen LogP contribution in [0.3, 0.4) is 0 Å². The lowest BCUT2D eigenvalue weighted by molar-refractivity contribution is 0.112. The highest BCUT2D eigenvalue weighted by Crippen LogP contribution is 2.23. The van der Waals surface area contributed by atoms with Crippen LogP contribution in [0, 0.1) is 5.92 Å². The van der Waals surface area contributed by atoms with Crippen LogP contribution in [0.1, 0.15) is 35.7 Å². The summed E-state index contributed by atoms with van der Waals surface area (Å²) in [5.41, 5.74) is 3.28. The van der Waals surface area contributed by atoms with Crippen molar-refractivity contribution >= 4 is 23.1 Å². The molecule has 3 heterocycles. The van der Waals surface area contributed by atoms with Crippen LogP contribution in [0.15, 0.2) is 42.9 Å². The number of fused-ring (bicyclic) bond motifs is 1. The van der Waals surface area contributed by atoms with Crippen molar-refractivity contribution in [1.82, 2.24) is 19.4 Å². The van der Waals surface area contributed by atoms with Crippen molar-refractivity contribution in [2.75, 3.05) is 37.6 Å². The summed E-state index contributed by atoms with van der Waals surface area (Å²) in [5.74, 6) is 1.45. The van der Waals surface area contributed by atoms with Crippen molar-refractivity contribution in [2.24, 2.45) is 13.0 Å². The molecule has 2 aromatic heterocycles. The van der Waals surface area contributed by atoms with Gasteiger partial charge in [0.05, 0.1) is 5.56 Å². The van der Waals surface area contributed by atoms with Crippen LogP contribution in [-0.2, 0) is 13.5 Å². The molecule has 0 N–H and O–H groups in total. The van der Waals surface area contributed by atoms with E-state index in [-0.39, 0.29) is 0 Å². The van der Waals surface area contributed by atoms with Crippen molar-refractivity contribution in [3.63, 3.8) is 0 Å². The molecule has 0 unspecified atom stereocenters. The summed E-state index contributed by atoms with van der Waals surface area (Å²) in [6.07, 6.45) is 9.68. The molecule has 0 bridgehead atoms. The van der Waals surface area contributed by atoms with E-state index < -0.39 is 0 Å². The predicted octanol–water partition coefficient (Wildman–Crippen LogP) is 3.56. The number of nitrogens with zero attached hydrogens (tertiary/aromatic N) is 5. The van der Waals surface area contributed by atoms with Gasteiger partial charge in [-0.25, -0.2) is 9.97 Å². The first-order valence-electron chi connectivity index (χ1n) is 11.0. The Hall–Kier alpha value is -2.73. The number of aryl methyl sites for hydroxylation is 1. The maximum Gasteiger partial charge on any atom is 0.225 e. The van der Waals surface area contributed by atoms with Gasteiger partial charge < -0.3 is 14.4 Å². The van der Waals surface area contributed by atoms with E-state index in [0.717, 1.165) is 64.2 Å². The average Bonchev–Trinajstić information content (AvgIpc) is 3.13. The minimum absolute atomic E-state index is 0.526. The fourth-order valence-electron chi connectivity index (χ4n) is 4.52. The molecule has 1 saturated heterocycles. The summed E-state index contributed by atoms with van der Waals surface area (Å²) in [6, 6.07) is 8.67. The molecule has 0 amide bonds. The Morgan fingerprint density at radius 3 is 2.60 bits per heavy atom. The fraction of sp³-hybridized carbons (Fsp3) is 0.458. The monoisotopic (exact) mass is 405 g/mol. The largest absolute Gasteiger partial charge is 0.350 e. The summed E-state index contributed by atoms with van der Waals surface area (Å²) in [4.78, 5) is 24.3. The molecule has 0 saturated carbocycles. The number of para-hydroxylation sites is 1. The average molecular weight is 406 g/mol. The molecular weight excluding hydrogens is 374 g/mol. The number of aldehydes is 1. The van der Waals surface area contributed by atoms with Crippen molar-refractivity contribution in [3.8, 4) is 0 Å². The maximum absolute atomic E-state index is 10.8. The molecule has 0 atom stereocenters. The number of carbonyl (C=O) groups excluding carboxylic acids is 1. The van der Waals surface area contributed by atoms with Crippen LogP contribution < -0.4 is 4.90 Å². The molecule has 30 heavy (non-hydrogen) atoms. The lowest BCUT2D eigenvalue weighted by atomic mass is 9.96. The van der Waals surface area contributed by atoms with Crippen molar-refractivity contribution in [2.45, 2.75) is 26.2 Å². The molecule has 6 nitrogen and oxygen atoms in total. The number of carbonyl (C=O) groups is 1. The molecule has 6 heteroatoms. The summed E-state index contributed by atoms with van der Waals surface area (Å²) in [6.45, 7) is 7.56. The van der Waals surface area contributed by atoms with Crippen LogP contribution >= 0.6 is 0 Å². The van der Waals surface area contributed by atoms with Gasteiger partial charge in [-0.05, 0) is 43.4 Å². The minimum atomic E-state index is 0.526. The number of aromatic nitrogens is 3. The van der Waals surface area contributed by atoms with E-state index in [1.807, 2.05) is 0 Å². The second-order valence-electron chi connectivity index (χ2n) is 8.29. The molecule has 158 valence electrons. The summed E-state index contributed by atoms with van der Waals surface area (Å²) < 4.78 is 2.24. The third-order valence-corrected chi connectivity index (χ3v) is 6.33. The lowest BCUT2D eigenvalue weighted by Crippen LogP contribution is -2.40. The Morgan fingerprint density at radius 1 is 1.17 bits per heavy atom. The van der Waals surface area contributed by atoms with Crippen LogP contribution in [-0.4, -0.2) is 58.4 Å². The Bertz CT molecular complexity index is 973. The van der Waals surface area contributed by atoms with Gasteiger partial charge in [0.15, 0.2) is 6.29 Å². The highest BCUT2D eigenvalue weighted by atomic mass is 16.1. The topological polar surface area (TPSA) is 54.3 Å². The zero-order valence-corrected chi connectivity index (χ0v) is 18.0. The van der Waals surface area contributed by atoms with Crippen molar-refractivity contribution in [1.29, 1.82) is 0 Å². The first-order valence-corrected chi connectivity index (χ1v) is 11.0. The SMILES string of the molecule is CCN(CCc1cn(C)c2ccccc12)CC1CCN(c2ncc(C=O)cn2)CC1. The van der Waals surface area contributed by atoms with E-state index in [1.54, 1.807) is 12.4 Å². The smallest absolute Gasteiger partial charge is 0.225 e. The Kier molecular flexibility index (Phi) is 6.43. The molecule has 0 radical (unpaired) electrons. The van der Waals surface area contributed by atoms with Gasteiger partial charge in [-0.1, -0.05) is 25.1 Å². The molecule has 1 fully saturated rings. The Morgan fingerprint density at radius 2 is 1.90 bits per heavy atom. The van der Waals surface area contributed by atoms with Gasteiger partial charge in [-0.2, -0.15) is 0 Å².